The summed E-state index contributed by atoms with van der Waals surface area (Å²) in [6.07, 6.45) is 2.44. The Morgan fingerprint density at radius 2 is 1.97 bits per heavy atom. The van der Waals surface area contributed by atoms with Crippen LogP contribution < -0.4 is 10.1 Å². The van der Waals surface area contributed by atoms with Crippen LogP contribution in [0, 0.1) is 13.8 Å². The minimum absolute atomic E-state index is 0.0891. The van der Waals surface area contributed by atoms with Crippen molar-refractivity contribution in [3.8, 4) is 34.1 Å². The summed E-state index contributed by atoms with van der Waals surface area (Å²) in [5, 5.41) is 18.0. The second-order valence-corrected chi connectivity index (χ2v) is 8.87. The number of hydrogen-bond acceptors (Lipinski definition) is 6. The molecule has 9 nitrogen and oxygen atoms in total. The van der Waals surface area contributed by atoms with E-state index < -0.39 is 0 Å². The molecule has 1 amide bonds. The highest BCUT2D eigenvalue weighted by atomic mass is 16.5. The first kappa shape index (κ1) is 24.1. The molecule has 0 radical (unpaired) electrons. The molecule has 0 fully saturated rings. The Morgan fingerprint density at radius 3 is 2.76 bits per heavy atom. The number of pyridine rings is 1. The van der Waals surface area contributed by atoms with Gasteiger partial charge in [0.1, 0.15) is 11.6 Å². The lowest BCUT2D eigenvalue weighted by Gasteiger charge is -2.09. The number of phenols is 1. The molecule has 3 heterocycles. The largest absolute Gasteiger partial charge is 0.507 e. The smallest absolute Gasteiger partial charge is 0.251 e. The van der Waals surface area contributed by atoms with E-state index in [1.165, 1.54) is 0 Å². The number of aromatic amines is 1. The zero-order valence-electron chi connectivity index (χ0n) is 20.9. The molecule has 0 saturated heterocycles. The number of ether oxygens (including phenoxy) is 1. The first-order valence-corrected chi connectivity index (χ1v) is 12.0. The Bertz CT molecular complexity index is 1590. The van der Waals surface area contributed by atoms with Gasteiger partial charge in [-0.05, 0) is 74.4 Å². The van der Waals surface area contributed by atoms with Crippen LogP contribution in [0.4, 0.5) is 0 Å². The average Bonchev–Trinajstić information content (AvgIpc) is 3.47. The first-order valence-electron chi connectivity index (χ1n) is 12.0. The van der Waals surface area contributed by atoms with Crippen LogP contribution in [0.3, 0.4) is 0 Å². The molecule has 9 heteroatoms. The molecule has 3 aromatic heterocycles. The van der Waals surface area contributed by atoms with E-state index in [0.29, 0.717) is 40.4 Å². The maximum Gasteiger partial charge on any atom is 0.251 e. The van der Waals surface area contributed by atoms with Gasteiger partial charge in [-0.3, -0.25) is 9.48 Å². The second kappa shape index (κ2) is 10.1. The van der Waals surface area contributed by atoms with Crippen LogP contribution in [0.2, 0.25) is 0 Å². The Labute approximate surface area is 214 Å². The van der Waals surface area contributed by atoms with Crippen molar-refractivity contribution in [1.82, 2.24) is 30.0 Å². The van der Waals surface area contributed by atoms with Crippen molar-refractivity contribution in [2.75, 3.05) is 13.7 Å². The lowest BCUT2D eigenvalue weighted by atomic mass is 10.0. The van der Waals surface area contributed by atoms with E-state index in [1.807, 2.05) is 42.8 Å². The van der Waals surface area contributed by atoms with Gasteiger partial charge in [0.15, 0.2) is 0 Å². The predicted octanol–water partition coefficient (Wildman–Crippen LogP) is 4.64. The summed E-state index contributed by atoms with van der Waals surface area (Å²) in [4.78, 5) is 24.9. The number of methoxy groups -OCH3 is 1. The molecule has 188 valence electrons. The van der Waals surface area contributed by atoms with E-state index >= 15 is 0 Å². The summed E-state index contributed by atoms with van der Waals surface area (Å²) >= 11 is 0. The number of hydrogen-bond donors (Lipinski definition) is 3. The van der Waals surface area contributed by atoms with Crippen molar-refractivity contribution >= 4 is 16.9 Å². The molecule has 0 aliphatic carbocycles. The van der Waals surface area contributed by atoms with Crippen LogP contribution in [0.1, 0.15) is 28.2 Å². The van der Waals surface area contributed by atoms with E-state index in [-0.39, 0.29) is 11.7 Å². The number of imidazole rings is 1. The number of carbonyl (C=O) groups excluding carboxylic acids is 1. The average molecular weight is 497 g/mol. The normalized spacial score (nSPS) is 11.1. The van der Waals surface area contributed by atoms with Crippen molar-refractivity contribution in [2.45, 2.75) is 26.8 Å². The van der Waals surface area contributed by atoms with Gasteiger partial charge in [-0.15, -0.1) is 0 Å². The molecule has 3 N–H and O–H groups in total. The van der Waals surface area contributed by atoms with E-state index in [4.69, 9.17) is 4.74 Å². The van der Waals surface area contributed by atoms with Crippen LogP contribution >= 0.6 is 0 Å². The van der Waals surface area contributed by atoms with Crippen molar-refractivity contribution in [1.29, 1.82) is 0 Å². The fraction of sp³-hybridized carbons (Fsp3) is 0.214. The van der Waals surface area contributed by atoms with Crippen LogP contribution in [-0.4, -0.2) is 49.4 Å². The summed E-state index contributed by atoms with van der Waals surface area (Å²) in [6.45, 7) is 5.29. The summed E-state index contributed by atoms with van der Waals surface area (Å²) in [5.41, 5.74) is 6.21. The number of carbonyl (C=O) groups is 1. The van der Waals surface area contributed by atoms with E-state index in [0.717, 1.165) is 35.5 Å². The summed E-state index contributed by atoms with van der Waals surface area (Å²) in [7, 11) is 1.57. The third kappa shape index (κ3) is 5.02. The Morgan fingerprint density at radius 1 is 1.11 bits per heavy atom. The third-order valence-corrected chi connectivity index (χ3v) is 6.21. The number of aromatic nitrogens is 5. The topological polar surface area (TPSA) is 118 Å². The molecule has 0 saturated carbocycles. The molecule has 0 aliphatic rings. The molecule has 0 aliphatic heterocycles. The Kier molecular flexibility index (Phi) is 6.59. The van der Waals surface area contributed by atoms with Gasteiger partial charge in [-0.25, -0.2) is 9.97 Å². The van der Waals surface area contributed by atoms with Gasteiger partial charge >= 0.3 is 0 Å². The van der Waals surface area contributed by atoms with Gasteiger partial charge in [-0.2, -0.15) is 5.10 Å². The number of amides is 1. The molecule has 5 aromatic rings. The van der Waals surface area contributed by atoms with Crippen LogP contribution in [0.5, 0.6) is 11.6 Å². The third-order valence-electron chi connectivity index (χ3n) is 6.21. The molecule has 37 heavy (non-hydrogen) atoms. The highest BCUT2D eigenvalue weighted by Gasteiger charge is 2.15. The molecule has 2 aromatic carbocycles. The van der Waals surface area contributed by atoms with Crippen LogP contribution in [-0.2, 0) is 6.54 Å². The molecule has 0 atom stereocenters. The molecule has 0 bridgehead atoms. The zero-order chi connectivity index (χ0) is 25.9. The summed E-state index contributed by atoms with van der Waals surface area (Å²) in [6, 6.07) is 16.4. The van der Waals surface area contributed by atoms with Gasteiger partial charge in [0.2, 0.25) is 5.88 Å². The SMILES string of the molecule is COc1ncccc1-c1ccc(O)c(-c2nc3ccc(C(=O)NCCCn4nc(C)cc4C)cc3[nH]2)c1. The van der Waals surface area contributed by atoms with Crippen molar-refractivity contribution in [2.24, 2.45) is 0 Å². The fourth-order valence-corrected chi connectivity index (χ4v) is 4.38. The number of nitrogens with zero attached hydrogens (tertiary/aromatic N) is 4. The number of aryl methyl sites for hydroxylation is 3. The monoisotopic (exact) mass is 496 g/mol. The number of rotatable bonds is 8. The molecule has 0 unspecified atom stereocenters. The standard InChI is InChI=1S/C28H28N6O3/c1-17-14-18(2)34(33-17)13-5-12-29-27(36)20-7-9-23-24(16-20)32-26(31-23)22-15-19(8-10-25(22)35)21-6-4-11-30-28(21)37-3/h4,6-11,14-16,35H,5,12-13H2,1-3H3,(H,29,36)(H,31,32). The number of phenolic OH excluding ortho intramolecular Hbond substituents is 1. The van der Waals surface area contributed by atoms with Gasteiger partial charge < -0.3 is 20.1 Å². The zero-order valence-corrected chi connectivity index (χ0v) is 20.9. The van der Waals surface area contributed by atoms with E-state index in [1.54, 1.807) is 43.6 Å². The van der Waals surface area contributed by atoms with Gasteiger partial charge in [0.25, 0.3) is 5.91 Å². The molecule has 5 rings (SSSR count). The minimum Gasteiger partial charge on any atom is -0.507 e. The van der Waals surface area contributed by atoms with Crippen molar-refractivity contribution < 1.29 is 14.6 Å². The number of fused-ring (bicyclic) bond motifs is 1. The van der Waals surface area contributed by atoms with Crippen molar-refractivity contribution in [3.63, 3.8) is 0 Å². The molecular weight excluding hydrogens is 468 g/mol. The highest BCUT2D eigenvalue weighted by molar-refractivity contribution is 5.97. The van der Waals surface area contributed by atoms with Crippen molar-refractivity contribution in [3.05, 3.63) is 77.7 Å². The number of benzene rings is 2. The number of aromatic hydroxyl groups is 1. The van der Waals surface area contributed by atoms with Gasteiger partial charge in [-0.1, -0.05) is 6.07 Å². The second-order valence-electron chi connectivity index (χ2n) is 8.87. The Hall–Kier alpha value is -4.66. The highest BCUT2D eigenvalue weighted by Crippen LogP contribution is 2.35. The maximum absolute atomic E-state index is 12.7. The van der Waals surface area contributed by atoms with E-state index in [2.05, 4.69) is 25.4 Å². The maximum atomic E-state index is 12.7. The lowest BCUT2D eigenvalue weighted by molar-refractivity contribution is 0.0952. The van der Waals surface area contributed by atoms with E-state index in [9.17, 15) is 9.90 Å². The van der Waals surface area contributed by atoms with Gasteiger partial charge in [0, 0.05) is 36.1 Å². The fourth-order valence-electron chi connectivity index (χ4n) is 4.38. The lowest BCUT2D eigenvalue weighted by Crippen LogP contribution is -2.25. The van der Waals surface area contributed by atoms with Crippen LogP contribution in [0.25, 0.3) is 33.5 Å². The van der Waals surface area contributed by atoms with Gasteiger partial charge in [0.05, 0.1) is 29.4 Å². The summed E-state index contributed by atoms with van der Waals surface area (Å²) in [5.74, 6) is 0.931. The molecular formula is C28H28N6O3. The summed E-state index contributed by atoms with van der Waals surface area (Å²) < 4.78 is 7.34. The van der Waals surface area contributed by atoms with Crippen LogP contribution in [0.15, 0.2) is 60.8 Å². The number of H-pyrrole nitrogens is 1. The predicted molar refractivity (Wildman–Crippen MR) is 142 cm³/mol. The minimum atomic E-state index is -0.153. The number of nitrogens with one attached hydrogen (secondary N) is 2. The first-order chi connectivity index (χ1) is 17.9. The quantitative estimate of drug-likeness (QED) is 0.269. The Balaban J connectivity index is 1.32. The molecule has 0 spiro atoms.